The van der Waals surface area contributed by atoms with Crippen molar-refractivity contribution in [1.29, 1.82) is 0 Å². The van der Waals surface area contributed by atoms with Crippen molar-refractivity contribution in [3.05, 3.63) is 30.4 Å². The Bertz CT molecular complexity index is 628. The lowest BCUT2D eigenvalue weighted by molar-refractivity contribution is -0.123. The molecule has 1 N–H and O–H groups in total. The highest BCUT2D eigenvalue weighted by Crippen LogP contribution is 2.23. The Balaban J connectivity index is 1.74. The minimum absolute atomic E-state index is 0.0637. The Morgan fingerprint density at radius 1 is 1.38 bits per heavy atom. The van der Waals surface area contributed by atoms with E-state index in [2.05, 4.69) is 25.1 Å². The zero-order valence-corrected chi connectivity index (χ0v) is 12.4. The van der Waals surface area contributed by atoms with Gasteiger partial charge < -0.3 is 14.5 Å². The van der Waals surface area contributed by atoms with Gasteiger partial charge in [0, 0.05) is 25.4 Å². The van der Waals surface area contributed by atoms with E-state index in [-0.39, 0.29) is 12.5 Å². The summed E-state index contributed by atoms with van der Waals surface area (Å²) in [7, 11) is 0. The maximum absolute atomic E-state index is 12.2. The third-order valence-corrected chi connectivity index (χ3v) is 3.76. The van der Waals surface area contributed by atoms with E-state index in [4.69, 9.17) is 0 Å². The van der Waals surface area contributed by atoms with Gasteiger partial charge in [-0.25, -0.2) is 4.98 Å². The maximum atomic E-state index is 12.2. The first-order valence-electron chi connectivity index (χ1n) is 7.25. The zero-order chi connectivity index (χ0) is 14.9. The molecule has 3 rings (SSSR count). The summed E-state index contributed by atoms with van der Waals surface area (Å²) in [5.74, 6) is 1.79. The second-order valence-corrected chi connectivity index (χ2v) is 5.96. The van der Waals surface area contributed by atoms with Gasteiger partial charge in [-0.1, -0.05) is 0 Å². The van der Waals surface area contributed by atoms with E-state index in [1.807, 2.05) is 13.8 Å². The van der Waals surface area contributed by atoms with Crippen molar-refractivity contribution in [2.45, 2.75) is 51.7 Å². The summed E-state index contributed by atoms with van der Waals surface area (Å²) in [5.41, 5.74) is -0.541. The van der Waals surface area contributed by atoms with Crippen LogP contribution in [0.15, 0.2) is 18.7 Å². The smallest absolute Gasteiger partial charge is 0.240 e. The molecule has 2 aromatic heterocycles. The number of imidazole rings is 1. The van der Waals surface area contributed by atoms with Crippen LogP contribution in [0.2, 0.25) is 0 Å². The number of aryl methyl sites for hydroxylation is 1. The molecule has 0 saturated heterocycles. The molecule has 112 valence electrons. The topological polar surface area (TPSA) is 77.6 Å². The fourth-order valence-electron chi connectivity index (χ4n) is 2.76. The van der Waals surface area contributed by atoms with Crippen LogP contribution in [0.25, 0.3) is 0 Å². The molecule has 7 heteroatoms. The summed E-state index contributed by atoms with van der Waals surface area (Å²) in [6.45, 7) is 5.11. The third kappa shape index (κ3) is 2.81. The van der Waals surface area contributed by atoms with Crippen LogP contribution in [-0.2, 0) is 29.8 Å². The summed E-state index contributed by atoms with van der Waals surface area (Å²) in [6.07, 6.45) is 8.32. The molecule has 3 heterocycles. The van der Waals surface area contributed by atoms with Gasteiger partial charge in [0.05, 0.1) is 11.9 Å². The van der Waals surface area contributed by atoms with Crippen molar-refractivity contribution in [2.24, 2.45) is 0 Å². The molecule has 0 aliphatic carbocycles. The molecule has 0 fully saturated rings. The minimum Gasteiger partial charge on any atom is -0.342 e. The van der Waals surface area contributed by atoms with Crippen molar-refractivity contribution in [3.63, 3.8) is 0 Å². The van der Waals surface area contributed by atoms with Crippen molar-refractivity contribution in [3.8, 4) is 0 Å². The number of amides is 1. The standard InChI is InChI=1S/C14H20N6O/c1-14(2,16-12(21)9-19-8-6-15-10-19)13-18-17-11-5-3-4-7-20(11)13/h6,8,10H,3-5,7,9H2,1-2H3,(H,16,21). The van der Waals surface area contributed by atoms with E-state index < -0.39 is 5.54 Å². The fourth-order valence-corrected chi connectivity index (χ4v) is 2.76. The van der Waals surface area contributed by atoms with Gasteiger partial charge >= 0.3 is 0 Å². The molecule has 0 unspecified atom stereocenters. The van der Waals surface area contributed by atoms with Crippen molar-refractivity contribution in [1.82, 2.24) is 29.6 Å². The highest BCUT2D eigenvalue weighted by atomic mass is 16.2. The molecule has 0 atom stereocenters. The molecular formula is C14H20N6O. The number of hydrogen-bond donors (Lipinski definition) is 1. The van der Waals surface area contributed by atoms with Crippen molar-refractivity contribution < 1.29 is 4.79 Å². The van der Waals surface area contributed by atoms with Gasteiger partial charge in [-0.15, -0.1) is 10.2 Å². The van der Waals surface area contributed by atoms with Crippen LogP contribution in [0.4, 0.5) is 0 Å². The summed E-state index contributed by atoms with van der Waals surface area (Å²) < 4.78 is 3.88. The molecule has 21 heavy (non-hydrogen) atoms. The second kappa shape index (κ2) is 5.31. The number of nitrogens with one attached hydrogen (secondary N) is 1. The first-order valence-corrected chi connectivity index (χ1v) is 7.25. The van der Waals surface area contributed by atoms with Crippen LogP contribution in [0.5, 0.6) is 0 Å². The lowest BCUT2D eigenvalue weighted by Crippen LogP contribution is -2.44. The SMILES string of the molecule is CC(C)(NC(=O)Cn1ccnc1)c1nnc2n1CCCC2. The second-order valence-electron chi connectivity index (χ2n) is 5.96. The minimum atomic E-state index is -0.541. The Morgan fingerprint density at radius 3 is 3.00 bits per heavy atom. The van der Waals surface area contributed by atoms with Crippen LogP contribution in [0.3, 0.4) is 0 Å². The molecule has 0 saturated carbocycles. The number of carbonyl (C=O) groups is 1. The average molecular weight is 288 g/mol. The van der Waals surface area contributed by atoms with Crippen LogP contribution in [0, 0.1) is 0 Å². The number of carbonyl (C=O) groups excluding carboxylic acids is 1. The summed E-state index contributed by atoms with van der Waals surface area (Å²) in [6, 6.07) is 0. The van der Waals surface area contributed by atoms with Crippen LogP contribution >= 0.6 is 0 Å². The number of nitrogens with zero attached hydrogens (tertiary/aromatic N) is 5. The first kappa shape index (κ1) is 13.8. The molecule has 1 aliphatic rings. The first-order chi connectivity index (χ1) is 10.1. The largest absolute Gasteiger partial charge is 0.342 e. The maximum Gasteiger partial charge on any atom is 0.240 e. The summed E-state index contributed by atoms with van der Waals surface area (Å²) in [4.78, 5) is 16.1. The third-order valence-electron chi connectivity index (χ3n) is 3.76. The van der Waals surface area contributed by atoms with Gasteiger partial charge in [-0.05, 0) is 26.7 Å². The molecule has 0 bridgehead atoms. The molecule has 0 radical (unpaired) electrons. The van der Waals surface area contributed by atoms with Gasteiger partial charge in [0.1, 0.15) is 12.4 Å². The number of rotatable bonds is 4. The van der Waals surface area contributed by atoms with Crippen LogP contribution < -0.4 is 5.32 Å². The van der Waals surface area contributed by atoms with E-state index in [1.165, 1.54) is 0 Å². The van der Waals surface area contributed by atoms with E-state index in [1.54, 1.807) is 23.3 Å². The molecular weight excluding hydrogens is 268 g/mol. The molecule has 1 aliphatic heterocycles. The molecule has 2 aromatic rings. The van der Waals surface area contributed by atoms with Crippen LogP contribution in [-0.4, -0.2) is 30.2 Å². The predicted molar refractivity (Wildman–Crippen MR) is 76.4 cm³/mol. The Labute approximate surface area is 123 Å². The normalized spacial score (nSPS) is 14.8. The Morgan fingerprint density at radius 2 is 2.24 bits per heavy atom. The number of hydrogen-bond acceptors (Lipinski definition) is 4. The van der Waals surface area contributed by atoms with Gasteiger partial charge in [0.25, 0.3) is 0 Å². The molecule has 1 amide bonds. The number of aromatic nitrogens is 5. The Kier molecular flexibility index (Phi) is 3.48. The summed E-state index contributed by atoms with van der Waals surface area (Å²) in [5, 5.41) is 11.6. The van der Waals surface area contributed by atoms with Crippen LogP contribution in [0.1, 0.15) is 38.3 Å². The van der Waals surface area contributed by atoms with Gasteiger partial charge in [-0.3, -0.25) is 4.79 Å². The quantitative estimate of drug-likeness (QED) is 0.905. The zero-order valence-electron chi connectivity index (χ0n) is 12.4. The van der Waals surface area contributed by atoms with E-state index >= 15 is 0 Å². The monoisotopic (exact) mass is 288 g/mol. The molecule has 0 spiro atoms. The van der Waals surface area contributed by atoms with Gasteiger partial charge in [0.2, 0.25) is 5.91 Å². The average Bonchev–Trinajstić information content (AvgIpc) is 3.06. The van der Waals surface area contributed by atoms with Gasteiger partial charge in [0.15, 0.2) is 5.82 Å². The van der Waals surface area contributed by atoms with Crippen molar-refractivity contribution >= 4 is 5.91 Å². The highest BCUT2D eigenvalue weighted by Gasteiger charge is 2.30. The van der Waals surface area contributed by atoms with E-state index in [9.17, 15) is 4.79 Å². The van der Waals surface area contributed by atoms with E-state index in [0.29, 0.717) is 0 Å². The van der Waals surface area contributed by atoms with Gasteiger partial charge in [-0.2, -0.15) is 0 Å². The lowest BCUT2D eigenvalue weighted by atomic mass is 10.0. The Hall–Kier alpha value is -2.18. The van der Waals surface area contributed by atoms with E-state index in [0.717, 1.165) is 37.5 Å². The molecule has 0 aromatic carbocycles. The lowest BCUT2D eigenvalue weighted by Gasteiger charge is -2.27. The van der Waals surface area contributed by atoms with Crippen molar-refractivity contribution in [2.75, 3.05) is 0 Å². The summed E-state index contributed by atoms with van der Waals surface area (Å²) >= 11 is 0. The predicted octanol–water partition coefficient (Wildman–Crippen LogP) is 0.862. The highest BCUT2D eigenvalue weighted by molar-refractivity contribution is 5.76. The fraction of sp³-hybridized carbons (Fsp3) is 0.571. The molecule has 7 nitrogen and oxygen atoms in total. The number of fused-ring (bicyclic) bond motifs is 1.